The van der Waals surface area contributed by atoms with Gasteiger partial charge in [-0.1, -0.05) is 18.2 Å². The molecule has 0 aromatic rings. The monoisotopic (exact) mass is 154 g/mol. The molecular weight excluding hydrogens is 150 g/mol. The molecule has 0 spiro atoms. The largest absolute Gasteiger partial charge is 0.375 e. The van der Waals surface area contributed by atoms with Crippen molar-refractivity contribution in [1.82, 2.24) is 0 Å². The third-order valence-corrected chi connectivity index (χ3v) is 1.87. The van der Waals surface area contributed by atoms with E-state index in [0.29, 0.717) is 0 Å². The van der Waals surface area contributed by atoms with Crippen LogP contribution in [0.3, 0.4) is 0 Å². The van der Waals surface area contributed by atoms with E-state index in [1.54, 1.807) is 0 Å². The second-order valence-corrected chi connectivity index (χ2v) is 3.19. The maximum absolute atomic E-state index is 9.99. The van der Waals surface area contributed by atoms with Crippen molar-refractivity contribution in [2.45, 2.75) is 0 Å². The summed E-state index contributed by atoms with van der Waals surface area (Å²) in [5.41, 5.74) is 1.87. The third kappa shape index (κ3) is 2.31. The van der Waals surface area contributed by atoms with Crippen molar-refractivity contribution in [3.63, 3.8) is 0 Å². The van der Waals surface area contributed by atoms with Crippen molar-refractivity contribution < 1.29 is 14.4 Å². The minimum absolute atomic E-state index is 0.641. The molecule has 0 saturated carbocycles. The van der Waals surface area contributed by atoms with Gasteiger partial charge in [0.25, 0.3) is 0 Å². The summed E-state index contributed by atoms with van der Waals surface area (Å²) in [6.45, 7) is 2.94. The van der Waals surface area contributed by atoms with E-state index in [-0.39, 0.29) is 0 Å². The van der Waals surface area contributed by atoms with Crippen LogP contribution >= 0.6 is 19.2 Å². The lowest BCUT2D eigenvalue weighted by Gasteiger charge is -1.94. The second kappa shape index (κ2) is 2.49. The smallest absolute Gasteiger partial charge is 0.320 e. The Morgan fingerprint density at radius 2 is 2.12 bits per heavy atom. The zero-order valence-electron chi connectivity index (χ0n) is 3.83. The van der Waals surface area contributed by atoms with Crippen LogP contribution in [0, 0.1) is 0 Å². The first kappa shape index (κ1) is 7.96. The quantitative estimate of drug-likeness (QED) is 0.438. The van der Waals surface area contributed by atoms with Crippen molar-refractivity contribution in [2.75, 3.05) is 0 Å². The predicted octanol–water partition coefficient (Wildman–Crippen LogP) is 1.03. The van der Waals surface area contributed by atoms with E-state index in [4.69, 9.17) is 21.4 Å². The molecule has 46 valence electrons. The van der Waals surface area contributed by atoms with Crippen LogP contribution in [-0.2, 0) is 4.57 Å². The normalized spacial score (nSPS) is 10.4. The van der Waals surface area contributed by atoms with E-state index in [1.165, 1.54) is 0 Å². The van der Waals surface area contributed by atoms with Crippen LogP contribution in [0.1, 0.15) is 0 Å². The van der Waals surface area contributed by atoms with E-state index in [9.17, 15) is 4.57 Å². The number of hydrogen-bond donors (Lipinski definition) is 2. The van der Waals surface area contributed by atoms with Crippen molar-refractivity contribution in [2.24, 2.45) is 0 Å². The fourth-order valence-electron chi connectivity index (χ4n) is 0.103. The summed E-state index contributed by atoms with van der Waals surface area (Å²) in [4.78, 5) is 16.3. The Hall–Kier alpha value is -0.0400. The molecule has 0 aromatic carbocycles. The summed E-state index contributed by atoms with van der Waals surface area (Å²) in [7, 11) is -4.25. The summed E-state index contributed by atoms with van der Waals surface area (Å²) < 4.78 is 9.34. The Bertz CT molecular complexity index is 172. The lowest BCUT2D eigenvalue weighted by Crippen LogP contribution is -1.72. The van der Waals surface area contributed by atoms with Gasteiger partial charge in [-0.15, -0.1) is 5.73 Å². The van der Waals surface area contributed by atoms with Crippen LogP contribution < -0.4 is 0 Å². The zero-order valence-corrected chi connectivity index (χ0v) is 5.49. The molecule has 0 aliphatic rings. The Labute approximate surface area is 51.4 Å². The van der Waals surface area contributed by atoms with Crippen LogP contribution in [0.25, 0.3) is 0 Å². The van der Waals surface area contributed by atoms with E-state index >= 15 is 0 Å². The molecule has 0 bridgehead atoms. The van der Waals surface area contributed by atoms with Crippen molar-refractivity contribution >= 4 is 19.2 Å². The van der Waals surface area contributed by atoms with Crippen molar-refractivity contribution in [1.29, 1.82) is 0 Å². The standard InChI is InChI=1S/C3H4ClO3P/c1-2-3(4)8(5,6)7/h1H2,(H2,5,6,7). The highest BCUT2D eigenvalue weighted by atomic mass is 35.5. The minimum atomic E-state index is -4.25. The Balaban J connectivity index is 4.53. The van der Waals surface area contributed by atoms with Gasteiger partial charge >= 0.3 is 7.60 Å². The molecule has 0 saturated heterocycles. The van der Waals surface area contributed by atoms with Gasteiger partial charge in [0.15, 0.2) is 4.77 Å². The van der Waals surface area contributed by atoms with Crippen LogP contribution in [0.5, 0.6) is 0 Å². The summed E-state index contributed by atoms with van der Waals surface area (Å²) in [5.74, 6) is 0. The van der Waals surface area contributed by atoms with E-state index in [0.717, 1.165) is 0 Å². The van der Waals surface area contributed by atoms with E-state index in [2.05, 4.69) is 6.58 Å². The number of hydrogen-bond acceptors (Lipinski definition) is 1. The van der Waals surface area contributed by atoms with Gasteiger partial charge in [-0.3, -0.25) is 4.57 Å². The average Bonchev–Trinajstić information content (AvgIpc) is 1.62. The Morgan fingerprint density at radius 1 is 1.75 bits per heavy atom. The van der Waals surface area contributed by atoms with Gasteiger partial charge < -0.3 is 9.79 Å². The van der Waals surface area contributed by atoms with Gasteiger partial charge in [-0.25, -0.2) is 0 Å². The van der Waals surface area contributed by atoms with Crippen LogP contribution in [0.4, 0.5) is 0 Å². The molecule has 5 heteroatoms. The Kier molecular flexibility index (Phi) is 2.48. The molecule has 8 heavy (non-hydrogen) atoms. The van der Waals surface area contributed by atoms with Crippen LogP contribution in [0.15, 0.2) is 17.1 Å². The molecule has 0 aliphatic carbocycles. The second-order valence-electron chi connectivity index (χ2n) is 1.01. The van der Waals surface area contributed by atoms with Crippen LogP contribution in [-0.4, -0.2) is 9.79 Å². The van der Waals surface area contributed by atoms with E-state index < -0.39 is 12.4 Å². The Morgan fingerprint density at radius 3 is 2.12 bits per heavy atom. The summed E-state index contributed by atoms with van der Waals surface area (Å²) in [6, 6.07) is 0. The van der Waals surface area contributed by atoms with Gasteiger partial charge in [0.1, 0.15) is 0 Å². The molecule has 0 radical (unpaired) electrons. The van der Waals surface area contributed by atoms with Crippen molar-refractivity contribution in [3.8, 4) is 0 Å². The zero-order chi connectivity index (χ0) is 6.78. The molecule has 2 N–H and O–H groups in total. The van der Waals surface area contributed by atoms with Gasteiger partial charge in [0, 0.05) is 0 Å². The molecule has 0 rings (SSSR count). The minimum Gasteiger partial charge on any atom is -0.320 e. The molecule has 3 nitrogen and oxygen atoms in total. The van der Waals surface area contributed by atoms with Crippen LogP contribution in [0.2, 0.25) is 0 Å². The third-order valence-electron chi connectivity index (χ3n) is 0.402. The summed E-state index contributed by atoms with van der Waals surface area (Å²) in [6.07, 6.45) is 0. The fraction of sp³-hybridized carbons (Fsp3) is 0. The predicted molar refractivity (Wildman–Crippen MR) is 30.6 cm³/mol. The molecule has 0 amide bonds. The van der Waals surface area contributed by atoms with E-state index in [1.807, 2.05) is 5.73 Å². The molecule has 0 unspecified atom stereocenters. The maximum Gasteiger partial charge on any atom is 0.375 e. The van der Waals surface area contributed by atoms with Gasteiger partial charge in [0.05, 0.1) is 0 Å². The molecule has 0 aromatic heterocycles. The average molecular weight is 154 g/mol. The van der Waals surface area contributed by atoms with Gasteiger partial charge in [-0.05, 0) is 0 Å². The first-order valence-electron chi connectivity index (χ1n) is 1.60. The molecule has 0 atom stereocenters. The SMILES string of the molecule is C=C=C(Cl)P(=O)(O)O. The highest BCUT2D eigenvalue weighted by molar-refractivity contribution is 7.59. The summed E-state index contributed by atoms with van der Waals surface area (Å²) in [5, 5.41) is 0. The topological polar surface area (TPSA) is 57.5 Å². The first-order chi connectivity index (χ1) is 3.48. The van der Waals surface area contributed by atoms with Gasteiger partial charge in [0.2, 0.25) is 0 Å². The van der Waals surface area contributed by atoms with Gasteiger partial charge in [-0.2, -0.15) is 0 Å². The lowest BCUT2D eigenvalue weighted by atomic mass is 11.0. The number of halogens is 1. The summed E-state index contributed by atoms with van der Waals surface area (Å²) >= 11 is 4.92. The molecule has 0 aliphatic heterocycles. The molecular formula is C3H4ClO3P. The molecule has 0 fully saturated rings. The highest BCUT2D eigenvalue weighted by Gasteiger charge is 2.16. The lowest BCUT2D eigenvalue weighted by molar-refractivity contribution is 0.385. The number of rotatable bonds is 1. The first-order valence-corrected chi connectivity index (χ1v) is 3.59. The fourth-order valence-corrected chi connectivity index (χ4v) is 0.309. The van der Waals surface area contributed by atoms with Crippen molar-refractivity contribution in [3.05, 3.63) is 17.1 Å². The maximum atomic E-state index is 9.99. The highest BCUT2D eigenvalue weighted by Crippen LogP contribution is 2.46. The molecule has 0 heterocycles.